The number of nitrogens with zero attached hydrogens (tertiary/aromatic N) is 2. The highest BCUT2D eigenvalue weighted by Crippen LogP contribution is 2.19. The second-order valence-electron chi connectivity index (χ2n) is 5.33. The molecule has 1 aromatic heterocycles. The number of pyridine rings is 1. The first-order valence-corrected chi connectivity index (χ1v) is 7.16. The number of ether oxygens (including phenoxy) is 1. The largest absolute Gasteiger partial charge is 0.376 e. The van der Waals surface area contributed by atoms with Gasteiger partial charge in [0.2, 0.25) is 0 Å². The zero-order valence-corrected chi connectivity index (χ0v) is 12.2. The molecule has 0 aliphatic carbocycles. The normalized spacial score (nSPS) is 21.1. The fourth-order valence-corrected chi connectivity index (χ4v) is 2.43. The van der Waals surface area contributed by atoms with Gasteiger partial charge < -0.3 is 15.0 Å². The van der Waals surface area contributed by atoms with Crippen LogP contribution in [0.5, 0.6) is 0 Å². The molecule has 106 valence electrons. The van der Waals surface area contributed by atoms with Gasteiger partial charge in [-0.2, -0.15) is 0 Å². The highest BCUT2D eigenvalue weighted by Gasteiger charge is 2.17. The number of anilines is 1. The molecule has 0 spiro atoms. The molecule has 4 heteroatoms. The first kappa shape index (κ1) is 14.3. The average molecular weight is 263 g/mol. The van der Waals surface area contributed by atoms with E-state index in [4.69, 9.17) is 4.74 Å². The van der Waals surface area contributed by atoms with Crippen LogP contribution >= 0.6 is 0 Å². The predicted octanol–water partition coefficient (Wildman–Crippen LogP) is 2.37. The number of aromatic nitrogens is 1. The molecule has 2 rings (SSSR count). The summed E-state index contributed by atoms with van der Waals surface area (Å²) in [6.07, 6.45) is 5.88. The fourth-order valence-electron chi connectivity index (χ4n) is 2.43. The van der Waals surface area contributed by atoms with Crippen molar-refractivity contribution in [2.75, 3.05) is 32.1 Å². The maximum atomic E-state index is 5.79. The summed E-state index contributed by atoms with van der Waals surface area (Å²) in [5.74, 6) is 1.02. The molecule has 1 fully saturated rings. The smallest absolute Gasteiger partial charge is 0.128 e. The minimum absolute atomic E-state index is 0.348. The van der Waals surface area contributed by atoms with Crippen molar-refractivity contribution in [3.05, 3.63) is 23.9 Å². The van der Waals surface area contributed by atoms with E-state index in [9.17, 15) is 0 Å². The van der Waals surface area contributed by atoms with Gasteiger partial charge in [0.25, 0.3) is 0 Å². The summed E-state index contributed by atoms with van der Waals surface area (Å²) in [5.41, 5.74) is 1.27. The van der Waals surface area contributed by atoms with Crippen molar-refractivity contribution in [3.8, 4) is 0 Å². The Morgan fingerprint density at radius 2 is 2.37 bits per heavy atom. The number of hydrogen-bond acceptors (Lipinski definition) is 4. The number of nitrogens with one attached hydrogen (secondary N) is 1. The van der Waals surface area contributed by atoms with E-state index in [-0.39, 0.29) is 0 Å². The van der Waals surface area contributed by atoms with E-state index < -0.39 is 0 Å². The Balaban J connectivity index is 1.99. The third kappa shape index (κ3) is 3.91. The minimum atomic E-state index is 0.348. The van der Waals surface area contributed by atoms with Gasteiger partial charge in [-0.3, -0.25) is 0 Å². The fraction of sp³-hybridized carbons (Fsp3) is 0.667. The van der Waals surface area contributed by atoms with Crippen LogP contribution in [0.2, 0.25) is 0 Å². The van der Waals surface area contributed by atoms with Crippen LogP contribution in [0.1, 0.15) is 37.8 Å². The van der Waals surface area contributed by atoms with E-state index in [2.05, 4.69) is 41.3 Å². The lowest BCUT2D eigenvalue weighted by Gasteiger charge is -2.28. The lowest BCUT2D eigenvalue weighted by molar-refractivity contribution is 0.0215. The standard InChI is InChI=1S/C15H25N3O/c1-12(16-2)13-7-8-17-15(10-13)18(3)11-14-6-4-5-9-19-14/h7-8,10,12,14,16H,4-6,9,11H2,1-3H3. The van der Waals surface area contributed by atoms with Crippen LogP contribution in [-0.2, 0) is 4.74 Å². The summed E-state index contributed by atoms with van der Waals surface area (Å²) in [7, 11) is 4.07. The zero-order valence-electron chi connectivity index (χ0n) is 12.2. The topological polar surface area (TPSA) is 37.4 Å². The van der Waals surface area contributed by atoms with Crippen molar-refractivity contribution >= 4 is 5.82 Å². The third-order valence-electron chi connectivity index (χ3n) is 3.85. The van der Waals surface area contributed by atoms with E-state index in [0.717, 1.165) is 25.4 Å². The van der Waals surface area contributed by atoms with E-state index in [1.807, 2.05) is 13.2 Å². The van der Waals surface area contributed by atoms with Crippen LogP contribution in [0.3, 0.4) is 0 Å². The maximum Gasteiger partial charge on any atom is 0.128 e. The lowest BCUT2D eigenvalue weighted by atomic mass is 10.1. The molecule has 1 aliphatic heterocycles. The van der Waals surface area contributed by atoms with E-state index >= 15 is 0 Å². The summed E-state index contributed by atoms with van der Waals surface area (Å²) in [6.45, 7) is 3.98. The lowest BCUT2D eigenvalue weighted by Crippen LogP contribution is -2.33. The second kappa shape index (κ2) is 6.87. The molecule has 0 amide bonds. The van der Waals surface area contributed by atoms with Crippen LogP contribution in [0.4, 0.5) is 5.82 Å². The highest BCUT2D eigenvalue weighted by atomic mass is 16.5. The molecule has 0 radical (unpaired) electrons. The first-order chi connectivity index (χ1) is 9.20. The van der Waals surface area contributed by atoms with Gasteiger partial charge in [0.05, 0.1) is 6.10 Å². The van der Waals surface area contributed by atoms with Crippen LogP contribution in [-0.4, -0.2) is 38.3 Å². The Morgan fingerprint density at radius 3 is 3.05 bits per heavy atom. The van der Waals surface area contributed by atoms with Gasteiger partial charge in [0.15, 0.2) is 0 Å². The molecule has 2 heterocycles. The molecule has 0 bridgehead atoms. The summed E-state index contributed by atoms with van der Waals surface area (Å²) in [5, 5.41) is 3.26. The number of rotatable bonds is 5. The highest BCUT2D eigenvalue weighted by molar-refractivity contribution is 5.41. The molecule has 1 saturated heterocycles. The van der Waals surface area contributed by atoms with Gasteiger partial charge >= 0.3 is 0 Å². The van der Waals surface area contributed by atoms with Crippen LogP contribution < -0.4 is 10.2 Å². The molecular weight excluding hydrogens is 238 g/mol. The molecule has 0 aromatic carbocycles. The predicted molar refractivity (Wildman–Crippen MR) is 78.6 cm³/mol. The number of hydrogen-bond donors (Lipinski definition) is 1. The molecule has 1 aromatic rings. The van der Waals surface area contributed by atoms with Crippen molar-refractivity contribution in [2.45, 2.75) is 38.3 Å². The Morgan fingerprint density at radius 1 is 1.53 bits per heavy atom. The summed E-state index contributed by atoms with van der Waals surface area (Å²) < 4.78 is 5.79. The second-order valence-corrected chi connectivity index (χ2v) is 5.33. The Bertz CT molecular complexity index is 391. The Hall–Kier alpha value is -1.13. The van der Waals surface area contributed by atoms with Crippen LogP contribution in [0.25, 0.3) is 0 Å². The quantitative estimate of drug-likeness (QED) is 0.885. The summed E-state index contributed by atoms with van der Waals surface area (Å²) >= 11 is 0. The first-order valence-electron chi connectivity index (χ1n) is 7.16. The van der Waals surface area contributed by atoms with Crippen molar-refractivity contribution in [3.63, 3.8) is 0 Å². The molecule has 1 N–H and O–H groups in total. The molecular formula is C15H25N3O. The molecule has 0 saturated carbocycles. The van der Waals surface area contributed by atoms with Gasteiger partial charge in [0, 0.05) is 32.4 Å². The van der Waals surface area contributed by atoms with Crippen molar-refractivity contribution in [2.24, 2.45) is 0 Å². The van der Waals surface area contributed by atoms with E-state index in [1.54, 1.807) is 0 Å². The minimum Gasteiger partial charge on any atom is -0.376 e. The summed E-state index contributed by atoms with van der Waals surface area (Å²) in [4.78, 5) is 6.66. The van der Waals surface area contributed by atoms with Gasteiger partial charge in [-0.15, -0.1) is 0 Å². The average Bonchev–Trinajstić information content (AvgIpc) is 2.47. The van der Waals surface area contributed by atoms with Gasteiger partial charge in [-0.25, -0.2) is 4.98 Å². The number of likely N-dealkylation sites (N-methyl/N-ethyl adjacent to an activating group) is 1. The van der Waals surface area contributed by atoms with Crippen molar-refractivity contribution < 1.29 is 4.74 Å². The van der Waals surface area contributed by atoms with Crippen molar-refractivity contribution in [1.82, 2.24) is 10.3 Å². The molecule has 2 unspecified atom stereocenters. The molecule has 19 heavy (non-hydrogen) atoms. The Labute approximate surface area is 116 Å². The zero-order chi connectivity index (χ0) is 13.7. The van der Waals surface area contributed by atoms with Crippen molar-refractivity contribution in [1.29, 1.82) is 0 Å². The van der Waals surface area contributed by atoms with Crippen LogP contribution in [0, 0.1) is 0 Å². The van der Waals surface area contributed by atoms with E-state index in [0.29, 0.717) is 12.1 Å². The monoisotopic (exact) mass is 263 g/mol. The van der Waals surface area contributed by atoms with Gasteiger partial charge in [-0.05, 0) is 50.9 Å². The molecule has 1 aliphatic rings. The Kier molecular flexibility index (Phi) is 5.16. The maximum absolute atomic E-state index is 5.79. The third-order valence-corrected chi connectivity index (χ3v) is 3.85. The summed E-state index contributed by atoms with van der Waals surface area (Å²) in [6, 6.07) is 4.57. The molecule has 4 nitrogen and oxygen atoms in total. The molecule has 2 atom stereocenters. The SMILES string of the molecule is CNC(C)c1ccnc(N(C)CC2CCCCO2)c1. The van der Waals surface area contributed by atoms with Gasteiger partial charge in [-0.1, -0.05) is 0 Å². The van der Waals surface area contributed by atoms with E-state index in [1.165, 1.54) is 18.4 Å². The van der Waals surface area contributed by atoms with Crippen LogP contribution in [0.15, 0.2) is 18.3 Å². The van der Waals surface area contributed by atoms with Gasteiger partial charge in [0.1, 0.15) is 5.82 Å².